The van der Waals surface area contributed by atoms with E-state index in [2.05, 4.69) is 14.8 Å². The average molecular weight is 336 g/mol. The van der Waals surface area contributed by atoms with Crippen LogP contribution in [0, 0.1) is 5.92 Å². The van der Waals surface area contributed by atoms with Gasteiger partial charge >= 0.3 is 13.2 Å². The zero-order chi connectivity index (χ0) is 17.0. The number of nitrogens with two attached hydrogens (primary N) is 1. The Morgan fingerprint density at radius 2 is 1.87 bits per heavy atom. The van der Waals surface area contributed by atoms with Crippen LogP contribution in [0.2, 0.25) is 0 Å². The van der Waals surface area contributed by atoms with Crippen molar-refractivity contribution in [1.82, 2.24) is 0 Å². The number of anilines is 1. The fourth-order valence-corrected chi connectivity index (χ4v) is 2.46. The Labute approximate surface area is 129 Å². The van der Waals surface area contributed by atoms with E-state index < -0.39 is 19.0 Å². The summed E-state index contributed by atoms with van der Waals surface area (Å²) in [6.07, 6.45) is 1.81. The van der Waals surface area contributed by atoms with Gasteiger partial charge in [-0.1, -0.05) is 0 Å². The molecule has 1 aromatic carbocycles. The Kier molecular flexibility index (Phi) is 5.64. The third-order valence-corrected chi connectivity index (χ3v) is 3.50. The number of halogens is 4. The topological polar surface area (TPSA) is 73.6 Å². The third kappa shape index (κ3) is 4.98. The summed E-state index contributed by atoms with van der Waals surface area (Å²) < 4.78 is 57.6. The van der Waals surface area contributed by atoms with E-state index in [0.29, 0.717) is 19.3 Å². The molecule has 0 radical (unpaired) electrons. The molecule has 23 heavy (non-hydrogen) atoms. The molecule has 0 heterocycles. The van der Waals surface area contributed by atoms with Gasteiger partial charge in [0.1, 0.15) is 5.75 Å². The zero-order valence-corrected chi connectivity index (χ0v) is 12.0. The van der Waals surface area contributed by atoms with Gasteiger partial charge in [-0.05, 0) is 31.4 Å². The number of hydrogen-bond donors (Lipinski definition) is 2. The summed E-state index contributed by atoms with van der Waals surface area (Å²) in [5.41, 5.74) is 5.68. The molecule has 9 heteroatoms. The molecule has 2 atom stereocenters. The Balaban J connectivity index is 2.14. The maximum absolute atomic E-state index is 12.4. The molecule has 2 rings (SSSR count). The Morgan fingerprint density at radius 3 is 2.43 bits per heavy atom. The van der Waals surface area contributed by atoms with Gasteiger partial charge in [0, 0.05) is 18.0 Å². The summed E-state index contributed by atoms with van der Waals surface area (Å²) in [4.78, 5) is 12.1. The Morgan fingerprint density at radius 1 is 1.17 bits per heavy atom. The van der Waals surface area contributed by atoms with Gasteiger partial charge in [0.15, 0.2) is 5.75 Å². The number of alkyl halides is 4. The second-order valence-electron chi connectivity index (χ2n) is 5.17. The molecule has 0 aliphatic heterocycles. The highest BCUT2D eigenvalue weighted by molar-refractivity contribution is 5.94. The van der Waals surface area contributed by atoms with Crippen molar-refractivity contribution in [2.45, 2.75) is 38.5 Å². The highest BCUT2D eigenvalue weighted by Gasteiger charge is 2.28. The number of rotatable bonds is 6. The predicted octanol–water partition coefficient (Wildman–Crippen LogP) is 2.96. The van der Waals surface area contributed by atoms with E-state index in [1.54, 1.807) is 0 Å². The summed E-state index contributed by atoms with van der Waals surface area (Å²) in [7, 11) is 0. The molecule has 0 saturated heterocycles. The van der Waals surface area contributed by atoms with Crippen molar-refractivity contribution in [3.05, 3.63) is 18.2 Å². The highest BCUT2D eigenvalue weighted by atomic mass is 19.3. The molecule has 1 aromatic rings. The summed E-state index contributed by atoms with van der Waals surface area (Å²) in [5, 5.41) is 2.46. The summed E-state index contributed by atoms with van der Waals surface area (Å²) in [6.45, 7) is -6.28. The second kappa shape index (κ2) is 7.49. The van der Waals surface area contributed by atoms with Crippen LogP contribution < -0.4 is 20.5 Å². The molecule has 0 spiro atoms. The summed E-state index contributed by atoms with van der Waals surface area (Å²) >= 11 is 0. The van der Waals surface area contributed by atoms with E-state index in [4.69, 9.17) is 5.73 Å². The minimum Gasteiger partial charge on any atom is -0.435 e. The largest absolute Gasteiger partial charge is 0.435 e. The van der Waals surface area contributed by atoms with Crippen molar-refractivity contribution in [2.24, 2.45) is 11.7 Å². The number of benzene rings is 1. The van der Waals surface area contributed by atoms with E-state index in [0.717, 1.165) is 12.1 Å². The molecule has 5 nitrogen and oxygen atoms in total. The molecular formula is C14H16F4N2O3. The van der Waals surface area contributed by atoms with Gasteiger partial charge in [-0.3, -0.25) is 4.79 Å². The first-order valence-corrected chi connectivity index (χ1v) is 6.95. The van der Waals surface area contributed by atoms with Crippen LogP contribution in [0.1, 0.15) is 19.3 Å². The molecule has 0 aromatic heterocycles. The predicted molar refractivity (Wildman–Crippen MR) is 73.7 cm³/mol. The van der Waals surface area contributed by atoms with Gasteiger partial charge in [0.2, 0.25) is 5.91 Å². The number of nitrogens with one attached hydrogen (secondary N) is 1. The minimum atomic E-state index is -3.17. The fourth-order valence-electron chi connectivity index (χ4n) is 2.46. The van der Waals surface area contributed by atoms with Crippen molar-refractivity contribution in [2.75, 3.05) is 5.32 Å². The third-order valence-electron chi connectivity index (χ3n) is 3.50. The molecule has 1 saturated carbocycles. The molecule has 128 valence electrons. The van der Waals surface area contributed by atoms with Gasteiger partial charge in [0.25, 0.3) is 0 Å². The second-order valence-corrected chi connectivity index (χ2v) is 5.17. The first-order chi connectivity index (χ1) is 10.8. The smallest absolute Gasteiger partial charge is 0.387 e. The quantitative estimate of drug-likeness (QED) is 0.784. The number of carbonyl (C=O) groups excluding carboxylic acids is 1. The lowest BCUT2D eigenvalue weighted by Gasteiger charge is -2.16. The lowest BCUT2D eigenvalue weighted by Crippen LogP contribution is -2.23. The van der Waals surface area contributed by atoms with Crippen LogP contribution in [0.5, 0.6) is 11.5 Å². The molecule has 1 aliphatic rings. The normalized spacial score (nSPS) is 20.8. The van der Waals surface area contributed by atoms with Gasteiger partial charge in [-0.15, -0.1) is 0 Å². The van der Waals surface area contributed by atoms with Crippen LogP contribution >= 0.6 is 0 Å². The van der Waals surface area contributed by atoms with E-state index >= 15 is 0 Å². The lowest BCUT2D eigenvalue weighted by atomic mass is 10.1. The number of carbonyl (C=O) groups is 1. The molecule has 0 bridgehead atoms. The van der Waals surface area contributed by atoms with E-state index in [9.17, 15) is 22.4 Å². The summed E-state index contributed by atoms with van der Waals surface area (Å²) in [6, 6.07) is 3.10. The van der Waals surface area contributed by atoms with Crippen molar-refractivity contribution in [3.8, 4) is 11.5 Å². The lowest BCUT2D eigenvalue weighted by molar-refractivity contribution is -0.119. The van der Waals surface area contributed by atoms with Crippen LogP contribution in [0.3, 0.4) is 0 Å². The van der Waals surface area contributed by atoms with Crippen LogP contribution in [0.4, 0.5) is 23.2 Å². The monoisotopic (exact) mass is 336 g/mol. The Bertz CT molecular complexity index is 557. The summed E-state index contributed by atoms with van der Waals surface area (Å²) in [5.74, 6) is -1.49. The number of ether oxygens (including phenoxy) is 2. The van der Waals surface area contributed by atoms with Crippen LogP contribution in [0.15, 0.2) is 18.2 Å². The zero-order valence-electron chi connectivity index (χ0n) is 12.0. The first kappa shape index (κ1) is 17.3. The van der Waals surface area contributed by atoms with Crippen LogP contribution in [0.25, 0.3) is 0 Å². The maximum atomic E-state index is 12.4. The molecule has 2 unspecified atom stereocenters. The van der Waals surface area contributed by atoms with Gasteiger partial charge in [-0.25, -0.2) is 0 Å². The fraction of sp³-hybridized carbons (Fsp3) is 0.500. The molecule has 3 N–H and O–H groups in total. The van der Waals surface area contributed by atoms with Crippen molar-refractivity contribution in [1.29, 1.82) is 0 Å². The number of amides is 1. The molecular weight excluding hydrogens is 320 g/mol. The van der Waals surface area contributed by atoms with Crippen LogP contribution in [-0.4, -0.2) is 25.2 Å². The Hall–Kier alpha value is -2.03. The van der Waals surface area contributed by atoms with Crippen molar-refractivity contribution >= 4 is 11.6 Å². The molecule has 1 aliphatic carbocycles. The van der Waals surface area contributed by atoms with E-state index in [1.165, 1.54) is 6.07 Å². The standard InChI is InChI=1S/C14H16F4N2O3/c15-13(16)22-9-3-4-10(11(6-9)23-14(17)18)20-12(21)7-1-2-8(19)5-7/h3-4,6-8,13-14H,1-2,5,19H2,(H,20,21). The van der Waals surface area contributed by atoms with Crippen molar-refractivity contribution in [3.63, 3.8) is 0 Å². The maximum Gasteiger partial charge on any atom is 0.387 e. The van der Waals surface area contributed by atoms with Crippen molar-refractivity contribution < 1.29 is 31.8 Å². The SMILES string of the molecule is NC1CCC(C(=O)Nc2ccc(OC(F)F)cc2OC(F)F)C1. The van der Waals surface area contributed by atoms with Crippen LogP contribution in [-0.2, 0) is 4.79 Å². The van der Waals surface area contributed by atoms with Gasteiger partial charge in [-0.2, -0.15) is 17.6 Å². The van der Waals surface area contributed by atoms with Gasteiger partial charge in [0.05, 0.1) is 5.69 Å². The molecule has 1 fully saturated rings. The van der Waals surface area contributed by atoms with E-state index in [1.807, 2.05) is 0 Å². The van der Waals surface area contributed by atoms with Gasteiger partial charge < -0.3 is 20.5 Å². The minimum absolute atomic E-state index is 0.0441. The number of hydrogen-bond acceptors (Lipinski definition) is 4. The average Bonchev–Trinajstić information content (AvgIpc) is 2.87. The molecule has 1 amide bonds. The van der Waals surface area contributed by atoms with E-state index in [-0.39, 0.29) is 29.3 Å². The highest BCUT2D eigenvalue weighted by Crippen LogP contribution is 2.33. The first-order valence-electron chi connectivity index (χ1n) is 6.95.